The summed E-state index contributed by atoms with van der Waals surface area (Å²) >= 11 is 0. The monoisotopic (exact) mass is 390 g/mol. The van der Waals surface area contributed by atoms with Crippen molar-refractivity contribution in [1.82, 2.24) is 9.55 Å². The van der Waals surface area contributed by atoms with Crippen molar-refractivity contribution in [1.29, 1.82) is 0 Å². The molecule has 0 fully saturated rings. The Balaban J connectivity index is 0.00000261. The van der Waals surface area contributed by atoms with Crippen LogP contribution in [0, 0.1) is 12.8 Å². The van der Waals surface area contributed by atoms with Crippen LogP contribution < -0.4 is 4.74 Å². The number of carbonyl (C=O) groups is 1. The van der Waals surface area contributed by atoms with Crippen molar-refractivity contribution >= 4 is 18.2 Å². The van der Waals surface area contributed by atoms with Crippen molar-refractivity contribution in [3.63, 3.8) is 0 Å². The van der Waals surface area contributed by atoms with Gasteiger partial charge in [-0.2, -0.15) is 0 Å². The molecule has 3 rings (SSSR count). The molecule has 148 valence electrons. The number of aryl methyl sites for hydroxylation is 1. The van der Waals surface area contributed by atoms with Crippen molar-refractivity contribution < 1.29 is 9.53 Å². The quantitative estimate of drug-likeness (QED) is 0.582. The molecule has 0 amide bonds. The highest BCUT2D eigenvalue weighted by Crippen LogP contribution is 2.34. The maximum absolute atomic E-state index is 13.3. The first-order valence-electron chi connectivity index (χ1n) is 9.95. The Morgan fingerprint density at radius 1 is 1.22 bits per heavy atom. The van der Waals surface area contributed by atoms with Crippen molar-refractivity contribution in [2.45, 2.75) is 65.8 Å². The number of rotatable bonds is 8. The van der Waals surface area contributed by atoms with Crippen LogP contribution in [0.5, 0.6) is 5.75 Å². The lowest BCUT2D eigenvalue weighted by molar-refractivity contribution is 0.0901. The van der Waals surface area contributed by atoms with E-state index in [1.54, 1.807) is 6.20 Å². The minimum atomic E-state index is -0.0173. The van der Waals surface area contributed by atoms with Crippen molar-refractivity contribution in [3.8, 4) is 5.75 Å². The molecule has 1 heterocycles. The standard InChI is InChI=1S/C22H30N2O2.ClH/c1-4-14-26-21-11-10-20(18-8-6-7-9-19(18)21)22(25)17(5-2)15-24-13-12-23-16(24)3;/h10-13,17H,4-9,14-15H2,1-3H3;1H. The summed E-state index contributed by atoms with van der Waals surface area (Å²) < 4.78 is 8.03. The Morgan fingerprint density at radius 2 is 1.96 bits per heavy atom. The summed E-state index contributed by atoms with van der Waals surface area (Å²) in [6.07, 6.45) is 9.93. The van der Waals surface area contributed by atoms with Crippen LogP contribution in [-0.4, -0.2) is 21.9 Å². The van der Waals surface area contributed by atoms with Gasteiger partial charge >= 0.3 is 0 Å². The molecule has 0 N–H and O–H groups in total. The molecule has 0 saturated carbocycles. The average molecular weight is 391 g/mol. The Bertz CT molecular complexity index is 770. The molecule has 0 spiro atoms. The Kier molecular flexibility index (Phi) is 7.91. The fourth-order valence-corrected chi connectivity index (χ4v) is 3.86. The number of hydrogen-bond donors (Lipinski definition) is 0. The second-order valence-electron chi connectivity index (χ2n) is 7.22. The smallest absolute Gasteiger partial charge is 0.168 e. The van der Waals surface area contributed by atoms with Crippen LogP contribution in [0.2, 0.25) is 0 Å². The summed E-state index contributed by atoms with van der Waals surface area (Å²) in [6, 6.07) is 4.02. The van der Waals surface area contributed by atoms with E-state index in [1.807, 2.05) is 25.3 Å². The van der Waals surface area contributed by atoms with Crippen LogP contribution in [0.25, 0.3) is 0 Å². The van der Waals surface area contributed by atoms with Crippen LogP contribution in [0.4, 0.5) is 0 Å². The highest BCUT2D eigenvalue weighted by Gasteiger charge is 2.26. The molecule has 1 unspecified atom stereocenters. The molecule has 1 aromatic heterocycles. The van der Waals surface area contributed by atoms with E-state index in [-0.39, 0.29) is 24.1 Å². The highest BCUT2D eigenvalue weighted by molar-refractivity contribution is 5.99. The van der Waals surface area contributed by atoms with Gasteiger partial charge in [-0.05, 0) is 68.7 Å². The van der Waals surface area contributed by atoms with Crippen LogP contribution in [0.1, 0.15) is 66.8 Å². The van der Waals surface area contributed by atoms with Crippen LogP contribution >= 0.6 is 12.4 Å². The fraction of sp³-hybridized carbons (Fsp3) is 0.545. The molecule has 2 aromatic rings. The summed E-state index contributed by atoms with van der Waals surface area (Å²) in [5.74, 6) is 2.19. The number of ether oxygens (including phenoxy) is 1. The summed E-state index contributed by atoms with van der Waals surface area (Å²) in [7, 11) is 0. The van der Waals surface area contributed by atoms with Gasteiger partial charge in [-0.1, -0.05) is 13.8 Å². The zero-order valence-electron chi connectivity index (χ0n) is 16.7. The normalized spacial score (nSPS) is 14.2. The molecule has 0 saturated heterocycles. The van der Waals surface area contributed by atoms with Crippen molar-refractivity contribution in [2.75, 3.05) is 6.61 Å². The zero-order chi connectivity index (χ0) is 18.5. The third-order valence-corrected chi connectivity index (χ3v) is 5.42. The third-order valence-electron chi connectivity index (χ3n) is 5.42. The second kappa shape index (κ2) is 9.93. The number of carbonyl (C=O) groups excluding carboxylic acids is 1. The molecule has 5 heteroatoms. The summed E-state index contributed by atoms with van der Waals surface area (Å²) in [5, 5.41) is 0. The summed E-state index contributed by atoms with van der Waals surface area (Å²) in [5.41, 5.74) is 3.41. The van der Waals surface area contributed by atoms with Crippen LogP contribution in [0.3, 0.4) is 0 Å². The first kappa shape index (κ1) is 21.5. The maximum Gasteiger partial charge on any atom is 0.168 e. The van der Waals surface area contributed by atoms with Gasteiger partial charge in [0, 0.05) is 30.4 Å². The zero-order valence-corrected chi connectivity index (χ0v) is 17.5. The minimum absolute atomic E-state index is 0. The van der Waals surface area contributed by atoms with E-state index in [9.17, 15) is 4.79 Å². The molecule has 4 nitrogen and oxygen atoms in total. The van der Waals surface area contributed by atoms with Gasteiger partial charge in [0.2, 0.25) is 0 Å². The number of Topliss-reactive ketones (excluding diaryl/α,β-unsaturated/α-hetero) is 1. The molecule has 1 aliphatic carbocycles. The highest BCUT2D eigenvalue weighted by atomic mass is 35.5. The molecule has 1 aromatic carbocycles. The predicted molar refractivity (Wildman–Crippen MR) is 111 cm³/mol. The van der Waals surface area contributed by atoms with Gasteiger partial charge in [0.25, 0.3) is 0 Å². The molecular weight excluding hydrogens is 360 g/mol. The third kappa shape index (κ3) is 4.73. The second-order valence-corrected chi connectivity index (χ2v) is 7.22. The molecule has 1 atom stereocenters. The van der Waals surface area contributed by atoms with Gasteiger partial charge in [-0.3, -0.25) is 4.79 Å². The maximum atomic E-state index is 13.3. The predicted octanol–water partition coefficient (Wildman–Crippen LogP) is 5.19. The van der Waals surface area contributed by atoms with E-state index in [4.69, 9.17) is 4.74 Å². The SMILES string of the molecule is CCCOc1ccc(C(=O)C(CC)Cn2ccnc2C)c2c1CCCC2.Cl. The number of halogens is 1. The van der Waals surface area contributed by atoms with Gasteiger partial charge in [0.15, 0.2) is 5.78 Å². The molecular formula is C22H31ClN2O2. The molecule has 27 heavy (non-hydrogen) atoms. The topological polar surface area (TPSA) is 44.1 Å². The number of ketones is 1. The average Bonchev–Trinajstić information content (AvgIpc) is 3.08. The Labute approximate surface area is 168 Å². The Hall–Kier alpha value is -1.81. The van der Waals surface area contributed by atoms with Gasteiger partial charge in [0.1, 0.15) is 11.6 Å². The van der Waals surface area contributed by atoms with Crippen LogP contribution in [0.15, 0.2) is 24.5 Å². The van der Waals surface area contributed by atoms with E-state index < -0.39 is 0 Å². The Morgan fingerprint density at radius 3 is 2.59 bits per heavy atom. The van der Waals surface area contributed by atoms with Gasteiger partial charge in [-0.25, -0.2) is 4.98 Å². The largest absolute Gasteiger partial charge is 0.493 e. The molecule has 0 aliphatic heterocycles. The fourth-order valence-electron chi connectivity index (χ4n) is 3.86. The van der Waals surface area contributed by atoms with E-state index in [0.29, 0.717) is 6.54 Å². The number of hydrogen-bond acceptors (Lipinski definition) is 3. The van der Waals surface area contributed by atoms with Crippen LogP contribution in [-0.2, 0) is 19.4 Å². The number of imidazole rings is 1. The first-order valence-corrected chi connectivity index (χ1v) is 9.95. The molecule has 0 bridgehead atoms. The van der Waals surface area contributed by atoms with Gasteiger partial charge in [0.05, 0.1) is 6.61 Å². The summed E-state index contributed by atoms with van der Waals surface area (Å²) in [6.45, 7) is 7.63. The number of nitrogens with zero attached hydrogens (tertiary/aromatic N) is 2. The minimum Gasteiger partial charge on any atom is -0.493 e. The van der Waals surface area contributed by atoms with E-state index in [1.165, 1.54) is 17.5 Å². The number of benzene rings is 1. The number of aromatic nitrogens is 2. The lowest BCUT2D eigenvalue weighted by atomic mass is 9.83. The van der Waals surface area contributed by atoms with Crippen molar-refractivity contribution in [3.05, 3.63) is 47.0 Å². The molecule has 0 radical (unpaired) electrons. The lowest BCUT2D eigenvalue weighted by Gasteiger charge is -2.24. The molecule has 1 aliphatic rings. The van der Waals surface area contributed by atoms with E-state index in [0.717, 1.165) is 55.8 Å². The lowest BCUT2D eigenvalue weighted by Crippen LogP contribution is -2.23. The van der Waals surface area contributed by atoms with Gasteiger partial charge in [-0.15, -0.1) is 12.4 Å². The van der Waals surface area contributed by atoms with Crippen molar-refractivity contribution in [2.24, 2.45) is 5.92 Å². The van der Waals surface area contributed by atoms with E-state index >= 15 is 0 Å². The summed E-state index contributed by atoms with van der Waals surface area (Å²) in [4.78, 5) is 17.6. The van der Waals surface area contributed by atoms with Gasteiger partial charge < -0.3 is 9.30 Å². The first-order chi connectivity index (χ1) is 12.7. The number of fused-ring (bicyclic) bond motifs is 1. The van der Waals surface area contributed by atoms with E-state index in [2.05, 4.69) is 23.4 Å².